The molecule has 0 aliphatic heterocycles. The van der Waals surface area contributed by atoms with Gasteiger partial charge >= 0.3 is 41.8 Å². The topological polar surface area (TPSA) is 221 Å². The fraction of sp³-hybridized carbons (Fsp3) is 0.377. The Bertz CT molecular complexity index is 2950. The predicted octanol–water partition coefficient (Wildman–Crippen LogP) is 14.3. The molecule has 0 saturated heterocycles. The minimum Gasteiger partial charge on any atom is -0.494 e. The Balaban J connectivity index is 1.17. The van der Waals surface area contributed by atoms with E-state index < -0.39 is 48.1 Å². The summed E-state index contributed by atoms with van der Waals surface area (Å²) in [5, 5.41) is 0. The lowest BCUT2D eigenvalue weighted by Crippen LogP contribution is -2.25. The molecule has 1 atom stereocenters. The molecule has 0 fully saturated rings. The van der Waals surface area contributed by atoms with E-state index in [0.717, 1.165) is 121 Å². The molecule has 18 nitrogen and oxygen atoms in total. The van der Waals surface area contributed by atoms with Crippen LogP contribution < -0.4 is 33.2 Å². The summed E-state index contributed by atoms with van der Waals surface area (Å²) in [5.41, 5.74) is 0.464. The van der Waals surface area contributed by atoms with Crippen LogP contribution >= 0.6 is 0 Å². The van der Waals surface area contributed by atoms with Crippen LogP contribution in [0.3, 0.4) is 0 Å². The highest BCUT2D eigenvalue weighted by atomic mass is 16.7. The normalized spacial score (nSPS) is 11.0. The summed E-state index contributed by atoms with van der Waals surface area (Å²) >= 11 is 0. The van der Waals surface area contributed by atoms with Crippen molar-refractivity contribution in [2.75, 3.05) is 39.6 Å². The SMILES string of the molecule is C=CC(=O)OCCCCCCCCOc1ccc(C(=O)Oc2ccc(OC(=O)c3ccc(OCCCCCCCCOC(=O)C=C)cc3)c(C(=O)OC(CCC)Oc3ccc(OC(=O)c4ccc(OCCCCCCOC(=O)C=C)cc4)cc3)c2)cc1. The van der Waals surface area contributed by atoms with Crippen molar-refractivity contribution in [3.63, 3.8) is 0 Å². The Morgan fingerprint density at radius 2 is 0.690 bits per heavy atom. The van der Waals surface area contributed by atoms with Crippen LogP contribution in [0.5, 0.6) is 40.2 Å². The summed E-state index contributed by atoms with van der Waals surface area (Å²) < 4.78 is 61.8. The van der Waals surface area contributed by atoms with E-state index in [1.165, 1.54) is 30.3 Å². The van der Waals surface area contributed by atoms with Gasteiger partial charge in [-0.1, -0.05) is 78.0 Å². The molecule has 0 aliphatic rings. The van der Waals surface area contributed by atoms with E-state index in [2.05, 4.69) is 19.7 Å². The molecule has 0 saturated carbocycles. The maximum atomic E-state index is 14.2. The zero-order chi connectivity index (χ0) is 62.3. The summed E-state index contributed by atoms with van der Waals surface area (Å²) in [6.45, 7) is 14.6. The second-order valence-corrected chi connectivity index (χ2v) is 19.9. The summed E-state index contributed by atoms with van der Waals surface area (Å²) in [6.07, 6.45) is 17.6. The molecule has 0 bridgehead atoms. The van der Waals surface area contributed by atoms with Gasteiger partial charge in [0.1, 0.15) is 45.8 Å². The standard InChI is InChI=1S/C69H80O18/c1-5-25-65(83-57-38-40-58(41-39-57)84-66(73)51-26-32-54(33-27-51)79-46-21-17-18-24-49-82-64(72)8-4)87-69(76)60-50-59(85-67(74)52-28-34-55(35-29-52)77-44-19-13-9-11-15-22-47-80-62(70)6-2)42-43-61(60)86-68(75)53-30-36-56(37-31-53)78-45-20-14-10-12-16-23-48-81-63(71)7-3/h6-8,26-43,50,65H,2-5,9-25,44-49H2,1H3. The maximum absolute atomic E-state index is 14.2. The van der Waals surface area contributed by atoms with Gasteiger partial charge in [-0.05, 0) is 173 Å². The van der Waals surface area contributed by atoms with Crippen molar-refractivity contribution in [1.82, 2.24) is 0 Å². The van der Waals surface area contributed by atoms with Gasteiger partial charge in [0.15, 0.2) is 0 Å². The first-order valence-corrected chi connectivity index (χ1v) is 29.7. The van der Waals surface area contributed by atoms with Crippen molar-refractivity contribution in [3.05, 3.63) is 175 Å². The van der Waals surface area contributed by atoms with Crippen LogP contribution in [0.2, 0.25) is 0 Å². The maximum Gasteiger partial charge on any atom is 0.345 e. The first-order chi connectivity index (χ1) is 42.4. The lowest BCUT2D eigenvalue weighted by molar-refractivity contribution is -0.138. The number of ether oxygens (including phenoxy) is 11. The number of rotatable bonds is 43. The molecule has 0 aliphatic carbocycles. The van der Waals surface area contributed by atoms with Gasteiger partial charge in [0.25, 0.3) is 0 Å². The van der Waals surface area contributed by atoms with E-state index in [-0.39, 0.29) is 40.4 Å². The monoisotopic (exact) mass is 1200 g/mol. The molecule has 18 heteroatoms. The number of carbonyl (C=O) groups is 7. The van der Waals surface area contributed by atoms with Gasteiger partial charge in [-0.25, -0.2) is 33.6 Å². The molecule has 0 amide bonds. The highest BCUT2D eigenvalue weighted by Gasteiger charge is 2.25. The summed E-state index contributed by atoms with van der Waals surface area (Å²) in [4.78, 5) is 87.9. The third kappa shape index (κ3) is 27.2. The number of hydrogen-bond donors (Lipinski definition) is 0. The zero-order valence-electron chi connectivity index (χ0n) is 49.7. The van der Waals surface area contributed by atoms with Gasteiger partial charge in [-0.3, -0.25) is 0 Å². The third-order valence-electron chi connectivity index (χ3n) is 13.1. The average molecular weight is 1200 g/mol. The molecule has 87 heavy (non-hydrogen) atoms. The van der Waals surface area contributed by atoms with Crippen LogP contribution in [0.25, 0.3) is 0 Å². The van der Waals surface area contributed by atoms with Crippen LogP contribution in [-0.2, 0) is 33.3 Å². The molecule has 1 unspecified atom stereocenters. The van der Waals surface area contributed by atoms with Gasteiger partial charge in [-0.15, -0.1) is 0 Å². The van der Waals surface area contributed by atoms with Crippen molar-refractivity contribution in [2.45, 2.75) is 129 Å². The number of unbranched alkanes of at least 4 members (excludes halogenated alkanes) is 13. The molecular formula is C69H80O18. The van der Waals surface area contributed by atoms with Crippen molar-refractivity contribution >= 4 is 41.8 Å². The molecule has 464 valence electrons. The van der Waals surface area contributed by atoms with Crippen LogP contribution in [0.4, 0.5) is 0 Å². The Labute approximate surface area is 509 Å². The van der Waals surface area contributed by atoms with Crippen LogP contribution in [0, 0.1) is 0 Å². The Kier molecular flexibility index (Phi) is 31.7. The molecule has 5 aromatic rings. The molecule has 5 rings (SSSR count). The third-order valence-corrected chi connectivity index (χ3v) is 13.1. The van der Waals surface area contributed by atoms with E-state index in [9.17, 15) is 33.6 Å². The molecular weight excluding hydrogens is 1120 g/mol. The smallest absolute Gasteiger partial charge is 0.345 e. The van der Waals surface area contributed by atoms with Crippen molar-refractivity contribution < 1.29 is 85.7 Å². The van der Waals surface area contributed by atoms with E-state index in [1.807, 2.05) is 6.92 Å². The van der Waals surface area contributed by atoms with Gasteiger partial charge in [-0.2, -0.15) is 0 Å². The summed E-state index contributed by atoms with van der Waals surface area (Å²) in [7, 11) is 0. The van der Waals surface area contributed by atoms with Gasteiger partial charge < -0.3 is 52.1 Å². The first kappa shape index (κ1) is 68.6. The molecule has 0 radical (unpaired) electrons. The minimum atomic E-state index is -1.14. The Hall–Kier alpha value is -9.19. The van der Waals surface area contributed by atoms with E-state index in [0.29, 0.717) is 74.6 Å². The van der Waals surface area contributed by atoms with Crippen LogP contribution in [0.1, 0.15) is 164 Å². The van der Waals surface area contributed by atoms with Crippen LogP contribution in [0.15, 0.2) is 153 Å². The van der Waals surface area contributed by atoms with E-state index in [1.54, 1.807) is 84.9 Å². The highest BCUT2D eigenvalue weighted by molar-refractivity contribution is 5.97. The summed E-state index contributed by atoms with van der Waals surface area (Å²) in [5.74, 6) is -2.23. The fourth-order valence-electron chi connectivity index (χ4n) is 8.32. The van der Waals surface area contributed by atoms with Crippen LogP contribution in [-0.4, -0.2) is 87.7 Å². The highest BCUT2D eigenvalue weighted by Crippen LogP contribution is 2.30. The average Bonchev–Trinajstić information content (AvgIpc) is 2.24. The molecule has 0 aromatic heterocycles. The zero-order valence-corrected chi connectivity index (χ0v) is 49.7. The van der Waals surface area contributed by atoms with Crippen molar-refractivity contribution in [1.29, 1.82) is 0 Å². The van der Waals surface area contributed by atoms with E-state index >= 15 is 0 Å². The van der Waals surface area contributed by atoms with Crippen molar-refractivity contribution in [3.8, 4) is 40.2 Å². The van der Waals surface area contributed by atoms with Gasteiger partial charge in [0.2, 0.25) is 6.29 Å². The quantitative estimate of drug-likeness (QED) is 0.00884. The molecule has 5 aromatic carbocycles. The second kappa shape index (κ2) is 40.2. The molecule has 0 spiro atoms. The lowest BCUT2D eigenvalue weighted by atomic mass is 10.1. The Morgan fingerprint density at radius 1 is 0.368 bits per heavy atom. The Morgan fingerprint density at radius 3 is 1.07 bits per heavy atom. The number of benzene rings is 5. The number of carbonyl (C=O) groups excluding carboxylic acids is 7. The predicted molar refractivity (Wildman–Crippen MR) is 326 cm³/mol. The molecule has 0 N–H and O–H groups in total. The van der Waals surface area contributed by atoms with Gasteiger partial charge in [0.05, 0.1) is 56.3 Å². The fourth-order valence-corrected chi connectivity index (χ4v) is 8.32. The largest absolute Gasteiger partial charge is 0.494 e. The number of hydrogen-bond acceptors (Lipinski definition) is 18. The van der Waals surface area contributed by atoms with Crippen molar-refractivity contribution in [2.24, 2.45) is 0 Å². The molecule has 0 heterocycles. The number of esters is 7. The van der Waals surface area contributed by atoms with E-state index in [4.69, 9.17) is 52.1 Å². The minimum absolute atomic E-state index is 0.0365. The van der Waals surface area contributed by atoms with Gasteiger partial charge in [0, 0.05) is 24.6 Å². The summed E-state index contributed by atoms with van der Waals surface area (Å²) in [6, 6.07) is 29.6. The first-order valence-electron chi connectivity index (χ1n) is 29.7. The lowest BCUT2D eigenvalue weighted by Gasteiger charge is -2.20. The second-order valence-electron chi connectivity index (χ2n) is 19.9.